The van der Waals surface area contributed by atoms with Crippen molar-refractivity contribution in [2.45, 2.75) is 0 Å². The van der Waals surface area contributed by atoms with Gasteiger partial charge in [-0.05, 0) is 54.1 Å². The molecule has 1 fully saturated rings. The SMILES string of the molecule is O=C(c1ccc(F)cc1)N1CCN(c2cc(-c3ccc(F)cc3)[nH]n2)CC1. The minimum Gasteiger partial charge on any atom is -0.352 e. The lowest BCUT2D eigenvalue weighted by atomic mass is 10.1. The maximum atomic E-state index is 13.1. The smallest absolute Gasteiger partial charge is 0.253 e. The van der Waals surface area contributed by atoms with Gasteiger partial charge in [0, 0.05) is 37.8 Å². The first-order chi connectivity index (χ1) is 13.1. The van der Waals surface area contributed by atoms with Crippen LogP contribution in [0.5, 0.6) is 0 Å². The number of amides is 1. The van der Waals surface area contributed by atoms with Crippen LogP contribution >= 0.6 is 0 Å². The van der Waals surface area contributed by atoms with Gasteiger partial charge in [-0.1, -0.05) is 0 Å². The summed E-state index contributed by atoms with van der Waals surface area (Å²) in [6.07, 6.45) is 0. The molecular weight excluding hydrogens is 350 g/mol. The molecule has 0 unspecified atom stereocenters. The van der Waals surface area contributed by atoms with Crippen molar-refractivity contribution in [2.24, 2.45) is 0 Å². The van der Waals surface area contributed by atoms with Gasteiger partial charge in [-0.2, -0.15) is 5.10 Å². The Bertz CT molecular complexity index is 929. The molecule has 3 aromatic rings. The van der Waals surface area contributed by atoms with E-state index in [-0.39, 0.29) is 17.5 Å². The number of benzene rings is 2. The monoisotopic (exact) mass is 368 g/mol. The van der Waals surface area contributed by atoms with Gasteiger partial charge in [0.15, 0.2) is 5.82 Å². The first-order valence-corrected chi connectivity index (χ1v) is 8.71. The van der Waals surface area contributed by atoms with E-state index in [4.69, 9.17) is 0 Å². The Morgan fingerprint density at radius 1 is 0.889 bits per heavy atom. The Labute approximate surface area is 155 Å². The molecule has 5 nitrogen and oxygen atoms in total. The summed E-state index contributed by atoms with van der Waals surface area (Å²) in [5.74, 6) is 0.0687. The molecule has 27 heavy (non-hydrogen) atoms. The van der Waals surface area contributed by atoms with E-state index >= 15 is 0 Å². The van der Waals surface area contributed by atoms with Gasteiger partial charge in [0.25, 0.3) is 5.91 Å². The van der Waals surface area contributed by atoms with Crippen molar-refractivity contribution in [1.29, 1.82) is 0 Å². The molecule has 0 saturated carbocycles. The van der Waals surface area contributed by atoms with E-state index in [0.717, 1.165) is 17.1 Å². The molecule has 1 aliphatic rings. The lowest BCUT2D eigenvalue weighted by Gasteiger charge is -2.34. The molecular formula is C20H18F2N4O. The van der Waals surface area contributed by atoms with Gasteiger partial charge in [-0.15, -0.1) is 0 Å². The highest BCUT2D eigenvalue weighted by atomic mass is 19.1. The lowest BCUT2D eigenvalue weighted by Crippen LogP contribution is -2.48. The number of halogens is 2. The van der Waals surface area contributed by atoms with Crippen LogP contribution in [0.4, 0.5) is 14.6 Å². The topological polar surface area (TPSA) is 52.2 Å². The van der Waals surface area contributed by atoms with E-state index in [1.807, 2.05) is 6.07 Å². The van der Waals surface area contributed by atoms with E-state index in [2.05, 4.69) is 15.1 Å². The Morgan fingerprint density at radius 3 is 2.11 bits per heavy atom. The van der Waals surface area contributed by atoms with E-state index in [1.54, 1.807) is 17.0 Å². The predicted molar refractivity (Wildman–Crippen MR) is 98.5 cm³/mol. The molecule has 1 aromatic heterocycles. The van der Waals surface area contributed by atoms with Crippen molar-refractivity contribution in [2.75, 3.05) is 31.1 Å². The number of carbonyl (C=O) groups is 1. The molecule has 4 rings (SSSR count). The van der Waals surface area contributed by atoms with E-state index in [9.17, 15) is 13.6 Å². The second-order valence-electron chi connectivity index (χ2n) is 6.43. The van der Waals surface area contributed by atoms with Gasteiger partial charge in [-0.25, -0.2) is 8.78 Å². The Hall–Kier alpha value is -3.22. The molecule has 0 bridgehead atoms. The molecule has 0 atom stereocenters. The fourth-order valence-corrected chi connectivity index (χ4v) is 3.16. The molecule has 0 radical (unpaired) electrons. The molecule has 0 spiro atoms. The third kappa shape index (κ3) is 3.67. The molecule has 1 N–H and O–H groups in total. The van der Waals surface area contributed by atoms with Crippen LogP contribution in [0.15, 0.2) is 54.6 Å². The second kappa shape index (κ2) is 7.19. The number of nitrogens with zero attached hydrogens (tertiary/aromatic N) is 3. The van der Waals surface area contributed by atoms with Gasteiger partial charge in [0.2, 0.25) is 0 Å². The molecule has 1 aliphatic heterocycles. The van der Waals surface area contributed by atoms with Crippen LogP contribution in [0, 0.1) is 11.6 Å². The van der Waals surface area contributed by atoms with Crippen molar-refractivity contribution in [3.8, 4) is 11.3 Å². The number of rotatable bonds is 3. The van der Waals surface area contributed by atoms with Gasteiger partial charge >= 0.3 is 0 Å². The number of hydrogen-bond acceptors (Lipinski definition) is 3. The van der Waals surface area contributed by atoms with Gasteiger partial charge < -0.3 is 9.80 Å². The number of aromatic nitrogens is 2. The maximum Gasteiger partial charge on any atom is 0.253 e. The van der Waals surface area contributed by atoms with Gasteiger partial charge in [0.05, 0.1) is 5.69 Å². The summed E-state index contributed by atoms with van der Waals surface area (Å²) in [4.78, 5) is 16.4. The molecule has 138 valence electrons. The summed E-state index contributed by atoms with van der Waals surface area (Å²) in [5, 5.41) is 7.31. The Balaban J connectivity index is 1.40. The summed E-state index contributed by atoms with van der Waals surface area (Å²) in [7, 11) is 0. The molecule has 2 heterocycles. The van der Waals surface area contributed by atoms with Crippen LogP contribution in [0.3, 0.4) is 0 Å². The maximum absolute atomic E-state index is 13.1. The molecule has 7 heteroatoms. The van der Waals surface area contributed by atoms with Crippen LogP contribution in [-0.2, 0) is 0 Å². The van der Waals surface area contributed by atoms with Crippen molar-refractivity contribution >= 4 is 11.7 Å². The number of anilines is 1. The van der Waals surface area contributed by atoms with Gasteiger partial charge in [-0.3, -0.25) is 9.89 Å². The minimum atomic E-state index is -0.355. The second-order valence-corrected chi connectivity index (χ2v) is 6.43. The normalized spacial score (nSPS) is 14.4. The first kappa shape index (κ1) is 17.2. The average Bonchev–Trinajstić information content (AvgIpc) is 3.19. The zero-order chi connectivity index (χ0) is 18.8. The number of aromatic amines is 1. The molecule has 1 saturated heterocycles. The number of hydrogen-bond donors (Lipinski definition) is 1. The van der Waals surface area contributed by atoms with E-state index < -0.39 is 0 Å². The summed E-state index contributed by atoms with van der Waals surface area (Å²) in [6, 6.07) is 13.8. The highest BCUT2D eigenvalue weighted by Crippen LogP contribution is 2.23. The predicted octanol–water partition coefficient (Wildman–Crippen LogP) is 3.32. The highest BCUT2D eigenvalue weighted by molar-refractivity contribution is 5.94. The first-order valence-electron chi connectivity index (χ1n) is 8.71. The van der Waals surface area contributed by atoms with Crippen LogP contribution in [-0.4, -0.2) is 47.2 Å². The van der Waals surface area contributed by atoms with Gasteiger partial charge in [0.1, 0.15) is 11.6 Å². The third-order valence-corrected chi connectivity index (χ3v) is 4.70. The Kier molecular flexibility index (Phi) is 4.58. The number of nitrogens with one attached hydrogen (secondary N) is 1. The number of carbonyl (C=O) groups excluding carboxylic acids is 1. The highest BCUT2D eigenvalue weighted by Gasteiger charge is 2.23. The van der Waals surface area contributed by atoms with Crippen molar-refractivity contribution in [3.63, 3.8) is 0 Å². The van der Waals surface area contributed by atoms with Crippen molar-refractivity contribution in [3.05, 3.63) is 71.8 Å². The van der Waals surface area contributed by atoms with Crippen LogP contribution in [0.25, 0.3) is 11.3 Å². The molecule has 2 aromatic carbocycles. The largest absolute Gasteiger partial charge is 0.352 e. The van der Waals surface area contributed by atoms with Crippen molar-refractivity contribution < 1.29 is 13.6 Å². The van der Waals surface area contributed by atoms with E-state index in [0.29, 0.717) is 31.7 Å². The van der Waals surface area contributed by atoms with Crippen LogP contribution in [0.2, 0.25) is 0 Å². The summed E-state index contributed by atoms with van der Waals surface area (Å²) in [6.45, 7) is 2.44. The molecule has 1 amide bonds. The minimum absolute atomic E-state index is 0.0938. The summed E-state index contributed by atoms with van der Waals surface area (Å²) < 4.78 is 26.1. The zero-order valence-corrected chi connectivity index (χ0v) is 14.5. The average molecular weight is 368 g/mol. The fourth-order valence-electron chi connectivity index (χ4n) is 3.16. The summed E-state index contributed by atoms with van der Waals surface area (Å²) >= 11 is 0. The zero-order valence-electron chi connectivity index (χ0n) is 14.5. The van der Waals surface area contributed by atoms with Crippen LogP contribution in [0.1, 0.15) is 10.4 Å². The molecule has 0 aliphatic carbocycles. The van der Waals surface area contributed by atoms with Crippen molar-refractivity contribution in [1.82, 2.24) is 15.1 Å². The fraction of sp³-hybridized carbons (Fsp3) is 0.200. The lowest BCUT2D eigenvalue weighted by molar-refractivity contribution is 0.0746. The number of H-pyrrole nitrogens is 1. The van der Waals surface area contributed by atoms with E-state index in [1.165, 1.54) is 36.4 Å². The Morgan fingerprint density at radius 2 is 1.48 bits per heavy atom. The quantitative estimate of drug-likeness (QED) is 0.772. The third-order valence-electron chi connectivity index (χ3n) is 4.70. The standard InChI is InChI=1S/C20H18F2N4O/c21-16-5-1-14(2-6-16)18-13-19(24-23-18)25-9-11-26(12-10-25)20(27)15-3-7-17(22)8-4-15/h1-8,13H,9-12H2,(H,23,24). The summed E-state index contributed by atoms with van der Waals surface area (Å²) in [5.41, 5.74) is 2.17. The van der Waals surface area contributed by atoms with Crippen LogP contribution < -0.4 is 4.90 Å². The number of piperazine rings is 1.